The molecule has 6 heteroatoms. The lowest BCUT2D eigenvalue weighted by Crippen LogP contribution is -2.05. The van der Waals surface area contributed by atoms with Crippen LogP contribution in [-0.4, -0.2) is 5.11 Å². The van der Waals surface area contributed by atoms with E-state index in [4.69, 9.17) is 9.52 Å². The Morgan fingerprint density at radius 1 is 1.31 bits per heavy atom. The van der Waals surface area contributed by atoms with Gasteiger partial charge in [0.15, 0.2) is 0 Å². The second kappa shape index (κ2) is 3.78. The summed E-state index contributed by atoms with van der Waals surface area (Å²) in [5, 5.41) is 9.22. The van der Waals surface area contributed by atoms with E-state index < -0.39 is 11.7 Å². The number of alkyl halides is 3. The Balaban J connectivity index is 2.80. The van der Waals surface area contributed by atoms with Gasteiger partial charge in [-0.1, -0.05) is 15.9 Å². The van der Waals surface area contributed by atoms with E-state index in [0.29, 0.717) is 10.0 Å². The van der Waals surface area contributed by atoms with Gasteiger partial charge in [-0.05, 0) is 12.1 Å². The Morgan fingerprint density at radius 2 is 2.00 bits per heavy atom. The van der Waals surface area contributed by atoms with Crippen LogP contribution in [-0.2, 0) is 12.8 Å². The summed E-state index contributed by atoms with van der Waals surface area (Å²) in [5.41, 5.74) is -0.766. The molecule has 1 N–H and O–H groups in total. The molecule has 2 nitrogen and oxygen atoms in total. The molecule has 0 radical (unpaired) electrons. The first-order valence-electron chi connectivity index (χ1n) is 4.31. The average molecular weight is 295 g/mol. The normalized spacial score (nSPS) is 12.3. The summed E-state index contributed by atoms with van der Waals surface area (Å²) in [4.78, 5) is 0. The van der Waals surface area contributed by atoms with E-state index in [-0.39, 0.29) is 17.6 Å². The predicted octanol–water partition coefficient (Wildman–Crippen LogP) is 3.71. The highest BCUT2D eigenvalue weighted by Gasteiger charge is 2.35. The van der Waals surface area contributed by atoms with Gasteiger partial charge in [-0.2, -0.15) is 13.2 Å². The third-order valence-corrected chi connectivity index (χ3v) is 2.65. The molecule has 0 amide bonds. The quantitative estimate of drug-likeness (QED) is 0.870. The summed E-state index contributed by atoms with van der Waals surface area (Å²) < 4.78 is 43.1. The van der Waals surface area contributed by atoms with Gasteiger partial charge in [-0.25, -0.2) is 0 Å². The predicted molar refractivity (Wildman–Crippen MR) is 54.8 cm³/mol. The van der Waals surface area contributed by atoms with Crippen molar-refractivity contribution in [2.75, 3.05) is 0 Å². The van der Waals surface area contributed by atoms with Crippen LogP contribution in [0, 0.1) is 0 Å². The highest BCUT2D eigenvalue weighted by atomic mass is 79.9. The number of furan rings is 1. The lowest BCUT2D eigenvalue weighted by atomic mass is 10.1. The molecule has 0 bridgehead atoms. The average Bonchev–Trinajstić information content (AvgIpc) is 2.57. The number of fused-ring (bicyclic) bond motifs is 1. The van der Waals surface area contributed by atoms with E-state index >= 15 is 0 Å². The van der Waals surface area contributed by atoms with E-state index in [0.717, 1.165) is 12.3 Å². The largest absolute Gasteiger partial charge is 0.463 e. The van der Waals surface area contributed by atoms with Crippen LogP contribution in [0.15, 0.2) is 27.3 Å². The molecule has 1 heterocycles. The first-order valence-corrected chi connectivity index (χ1v) is 5.10. The molecule has 0 spiro atoms. The zero-order valence-electron chi connectivity index (χ0n) is 7.81. The van der Waals surface area contributed by atoms with Crippen LogP contribution in [0.4, 0.5) is 13.2 Å². The molecule has 0 atom stereocenters. The van der Waals surface area contributed by atoms with Crippen molar-refractivity contribution in [3.63, 3.8) is 0 Å². The smallest absolute Gasteiger partial charge is 0.420 e. The molecular formula is C10H6BrF3O2. The number of aliphatic hydroxyl groups excluding tert-OH is 1. The van der Waals surface area contributed by atoms with Crippen molar-refractivity contribution in [1.82, 2.24) is 0 Å². The Kier molecular flexibility index (Phi) is 2.71. The van der Waals surface area contributed by atoms with Gasteiger partial charge in [-0.3, -0.25) is 0 Å². The number of benzene rings is 1. The van der Waals surface area contributed by atoms with Crippen LogP contribution in [0.25, 0.3) is 11.0 Å². The number of hydrogen-bond donors (Lipinski definition) is 1. The zero-order valence-corrected chi connectivity index (χ0v) is 9.39. The molecule has 0 saturated carbocycles. The molecule has 1 aromatic heterocycles. The van der Waals surface area contributed by atoms with E-state index in [1.807, 2.05) is 0 Å². The van der Waals surface area contributed by atoms with Gasteiger partial charge in [0.25, 0.3) is 0 Å². The van der Waals surface area contributed by atoms with Crippen LogP contribution in [0.5, 0.6) is 0 Å². The topological polar surface area (TPSA) is 33.4 Å². The number of hydrogen-bond acceptors (Lipinski definition) is 2. The van der Waals surface area contributed by atoms with Crippen molar-refractivity contribution in [3.05, 3.63) is 34.0 Å². The Bertz CT molecular complexity index is 531. The van der Waals surface area contributed by atoms with Crippen LogP contribution >= 0.6 is 15.9 Å². The maximum absolute atomic E-state index is 12.7. The van der Waals surface area contributed by atoms with E-state index in [2.05, 4.69) is 15.9 Å². The summed E-state index contributed by atoms with van der Waals surface area (Å²) in [6.07, 6.45) is -3.35. The second-order valence-corrected chi connectivity index (χ2v) is 4.16. The molecule has 0 saturated heterocycles. The third kappa shape index (κ3) is 1.82. The summed E-state index contributed by atoms with van der Waals surface area (Å²) in [7, 11) is 0. The van der Waals surface area contributed by atoms with Crippen LogP contribution < -0.4 is 0 Å². The van der Waals surface area contributed by atoms with Gasteiger partial charge >= 0.3 is 6.18 Å². The van der Waals surface area contributed by atoms with Crippen molar-refractivity contribution in [3.8, 4) is 0 Å². The molecule has 0 fully saturated rings. The fourth-order valence-corrected chi connectivity index (χ4v) is 1.94. The molecule has 0 unspecified atom stereocenters. The van der Waals surface area contributed by atoms with Crippen molar-refractivity contribution in [1.29, 1.82) is 0 Å². The first-order chi connectivity index (χ1) is 7.43. The van der Waals surface area contributed by atoms with Gasteiger partial charge in [-0.15, -0.1) is 0 Å². The minimum atomic E-state index is -4.48. The summed E-state index contributed by atoms with van der Waals surface area (Å²) >= 11 is 3.00. The van der Waals surface area contributed by atoms with E-state index in [1.54, 1.807) is 0 Å². The Morgan fingerprint density at radius 3 is 2.56 bits per heavy atom. The molecule has 1 aromatic carbocycles. The van der Waals surface area contributed by atoms with Crippen molar-refractivity contribution in [2.24, 2.45) is 0 Å². The third-order valence-electron chi connectivity index (χ3n) is 2.19. The molecule has 0 aliphatic carbocycles. The van der Waals surface area contributed by atoms with Crippen molar-refractivity contribution >= 4 is 26.9 Å². The fourth-order valence-electron chi connectivity index (χ4n) is 1.49. The Labute approximate surface area is 96.8 Å². The molecule has 2 rings (SSSR count). The number of rotatable bonds is 1. The summed E-state index contributed by atoms with van der Waals surface area (Å²) in [5.74, 6) is 0. The van der Waals surface area contributed by atoms with Crippen molar-refractivity contribution in [2.45, 2.75) is 12.8 Å². The lowest BCUT2D eigenvalue weighted by Gasteiger charge is -2.07. The van der Waals surface area contributed by atoms with Crippen LogP contribution in [0.3, 0.4) is 0 Å². The first kappa shape index (κ1) is 11.5. The monoisotopic (exact) mass is 294 g/mol. The van der Waals surface area contributed by atoms with E-state index in [1.165, 1.54) is 6.07 Å². The van der Waals surface area contributed by atoms with Gasteiger partial charge in [0.05, 0.1) is 18.4 Å². The highest BCUT2D eigenvalue weighted by molar-refractivity contribution is 9.10. The highest BCUT2D eigenvalue weighted by Crippen LogP contribution is 2.38. The second-order valence-electron chi connectivity index (χ2n) is 3.25. The SMILES string of the molecule is OCc1coc2c(C(F)(F)F)cc(Br)cc12. The Hall–Kier alpha value is -1.01. The van der Waals surface area contributed by atoms with Gasteiger partial charge in [0.1, 0.15) is 5.58 Å². The molecule has 86 valence electrons. The van der Waals surface area contributed by atoms with Crippen LogP contribution in [0.1, 0.15) is 11.1 Å². The zero-order chi connectivity index (χ0) is 11.9. The fraction of sp³-hybridized carbons (Fsp3) is 0.200. The summed E-state index contributed by atoms with van der Waals surface area (Å²) in [6.45, 7) is -0.360. The maximum atomic E-state index is 12.7. The summed E-state index contributed by atoms with van der Waals surface area (Å²) in [6, 6.07) is 2.44. The molecule has 2 aromatic rings. The van der Waals surface area contributed by atoms with Crippen molar-refractivity contribution < 1.29 is 22.7 Å². The minimum Gasteiger partial charge on any atom is -0.463 e. The molecule has 16 heavy (non-hydrogen) atoms. The number of aliphatic hydroxyl groups is 1. The lowest BCUT2D eigenvalue weighted by molar-refractivity contribution is -0.136. The minimum absolute atomic E-state index is 0.250. The molecule has 0 aliphatic heterocycles. The molecular weight excluding hydrogens is 289 g/mol. The number of halogens is 4. The maximum Gasteiger partial charge on any atom is 0.420 e. The van der Waals surface area contributed by atoms with Gasteiger partial charge < -0.3 is 9.52 Å². The molecule has 0 aliphatic rings. The van der Waals surface area contributed by atoms with E-state index in [9.17, 15) is 13.2 Å². The van der Waals surface area contributed by atoms with Gasteiger partial charge in [0.2, 0.25) is 0 Å². The van der Waals surface area contributed by atoms with Crippen LogP contribution in [0.2, 0.25) is 0 Å². The standard InChI is InChI=1S/C10H6BrF3O2/c11-6-1-7-5(3-15)4-16-9(7)8(2-6)10(12,13)14/h1-2,4,15H,3H2. The van der Waals surface area contributed by atoms with Gasteiger partial charge in [0, 0.05) is 15.4 Å².